The van der Waals surface area contributed by atoms with Crippen molar-refractivity contribution in [2.75, 3.05) is 26.3 Å². The van der Waals surface area contributed by atoms with Crippen LogP contribution in [0.25, 0.3) is 0 Å². The van der Waals surface area contributed by atoms with Crippen molar-refractivity contribution in [2.45, 2.75) is 46.0 Å². The van der Waals surface area contributed by atoms with E-state index in [4.69, 9.17) is 15.2 Å². The minimum atomic E-state index is -0.338. The van der Waals surface area contributed by atoms with Crippen molar-refractivity contribution < 1.29 is 14.3 Å². The van der Waals surface area contributed by atoms with Crippen molar-refractivity contribution in [1.82, 2.24) is 5.32 Å². The monoisotopic (exact) mass is 334 g/mol. The standard InChI is InChI=1S/C19H30N2O3/c1-3-23-16-8-7-15(13-17(16)24-4-2)9-12-21-18(22)19(14-20)10-5-6-11-19/h7-8,13H,3-6,9-12,14,20H2,1-2H3,(H,21,22). The van der Waals surface area contributed by atoms with Gasteiger partial charge in [0.2, 0.25) is 5.91 Å². The average Bonchev–Trinajstić information content (AvgIpc) is 3.08. The molecule has 1 aliphatic carbocycles. The van der Waals surface area contributed by atoms with Crippen LogP contribution in [0.3, 0.4) is 0 Å². The number of carbonyl (C=O) groups is 1. The first-order chi connectivity index (χ1) is 11.6. The van der Waals surface area contributed by atoms with Crippen LogP contribution < -0.4 is 20.5 Å². The molecule has 1 saturated carbocycles. The van der Waals surface area contributed by atoms with Gasteiger partial charge in [0.25, 0.3) is 0 Å². The molecule has 0 heterocycles. The van der Waals surface area contributed by atoms with E-state index in [0.717, 1.165) is 49.2 Å². The molecule has 0 aromatic heterocycles. The molecular weight excluding hydrogens is 304 g/mol. The third-order valence-electron chi connectivity index (χ3n) is 4.74. The summed E-state index contributed by atoms with van der Waals surface area (Å²) in [6, 6.07) is 5.95. The van der Waals surface area contributed by atoms with Gasteiger partial charge in [0.05, 0.1) is 18.6 Å². The highest BCUT2D eigenvalue weighted by atomic mass is 16.5. The summed E-state index contributed by atoms with van der Waals surface area (Å²) >= 11 is 0. The molecular formula is C19H30N2O3. The van der Waals surface area contributed by atoms with Crippen molar-refractivity contribution in [3.05, 3.63) is 23.8 Å². The lowest BCUT2D eigenvalue weighted by molar-refractivity contribution is -0.130. The van der Waals surface area contributed by atoms with E-state index in [0.29, 0.717) is 26.3 Å². The predicted molar refractivity (Wildman–Crippen MR) is 95.4 cm³/mol. The van der Waals surface area contributed by atoms with E-state index >= 15 is 0 Å². The second kappa shape index (κ2) is 8.92. The first-order valence-corrected chi connectivity index (χ1v) is 9.02. The Labute approximate surface area is 144 Å². The molecule has 1 aromatic rings. The van der Waals surface area contributed by atoms with Gasteiger partial charge in [-0.25, -0.2) is 0 Å². The fourth-order valence-electron chi connectivity index (χ4n) is 3.33. The number of hydrogen-bond donors (Lipinski definition) is 2. The van der Waals surface area contributed by atoms with E-state index in [1.54, 1.807) is 0 Å². The molecule has 0 radical (unpaired) electrons. The lowest BCUT2D eigenvalue weighted by Crippen LogP contribution is -2.44. The summed E-state index contributed by atoms with van der Waals surface area (Å²) < 4.78 is 11.2. The molecule has 2 rings (SSSR count). The Morgan fingerprint density at radius 3 is 2.46 bits per heavy atom. The van der Waals surface area contributed by atoms with Crippen LogP contribution in [0, 0.1) is 5.41 Å². The summed E-state index contributed by atoms with van der Waals surface area (Å²) in [5, 5.41) is 3.07. The first-order valence-electron chi connectivity index (χ1n) is 9.02. The van der Waals surface area contributed by atoms with Crippen LogP contribution in [-0.2, 0) is 11.2 Å². The van der Waals surface area contributed by atoms with E-state index in [9.17, 15) is 4.79 Å². The first kappa shape index (κ1) is 18.6. The van der Waals surface area contributed by atoms with Gasteiger partial charge in [-0.3, -0.25) is 4.79 Å². The zero-order valence-corrected chi connectivity index (χ0v) is 14.9. The van der Waals surface area contributed by atoms with Crippen molar-refractivity contribution in [3.8, 4) is 11.5 Å². The molecule has 0 unspecified atom stereocenters. The van der Waals surface area contributed by atoms with Crippen molar-refractivity contribution in [2.24, 2.45) is 11.1 Å². The van der Waals surface area contributed by atoms with Gasteiger partial charge in [-0.15, -0.1) is 0 Å². The summed E-state index contributed by atoms with van der Waals surface area (Å²) in [6.07, 6.45) is 4.78. The summed E-state index contributed by atoms with van der Waals surface area (Å²) in [5.41, 5.74) is 6.64. The molecule has 1 amide bonds. The normalized spacial score (nSPS) is 16.0. The zero-order valence-electron chi connectivity index (χ0n) is 14.9. The third kappa shape index (κ3) is 4.41. The smallest absolute Gasteiger partial charge is 0.227 e. The minimum Gasteiger partial charge on any atom is -0.490 e. The molecule has 5 heteroatoms. The molecule has 0 saturated heterocycles. The van der Waals surface area contributed by atoms with E-state index in [1.165, 1.54) is 0 Å². The Bertz CT molecular complexity index is 539. The fourth-order valence-corrected chi connectivity index (χ4v) is 3.33. The van der Waals surface area contributed by atoms with Crippen LogP contribution in [0.1, 0.15) is 45.1 Å². The molecule has 0 atom stereocenters. The van der Waals surface area contributed by atoms with Crippen LogP contribution >= 0.6 is 0 Å². The van der Waals surface area contributed by atoms with Crippen LogP contribution in [0.2, 0.25) is 0 Å². The van der Waals surface area contributed by atoms with Gasteiger partial charge in [0.1, 0.15) is 0 Å². The number of carbonyl (C=O) groups excluding carboxylic acids is 1. The SMILES string of the molecule is CCOc1ccc(CCNC(=O)C2(CN)CCCC2)cc1OCC. The molecule has 134 valence electrons. The van der Waals surface area contributed by atoms with Gasteiger partial charge in [0.15, 0.2) is 11.5 Å². The Morgan fingerprint density at radius 1 is 1.17 bits per heavy atom. The minimum absolute atomic E-state index is 0.110. The second-order valence-corrected chi connectivity index (χ2v) is 6.34. The maximum atomic E-state index is 12.5. The number of ether oxygens (including phenoxy) is 2. The lowest BCUT2D eigenvalue weighted by atomic mass is 9.85. The fraction of sp³-hybridized carbons (Fsp3) is 0.632. The highest BCUT2D eigenvalue weighted by molar-refractivity contribution is 5.83. The Morgan fingerprint density at radius 2 is 1.83 bits per heavy atom. The molecule has 1 aliphatic rings. The lowest BCUT2D eigenvalue weighted by Gasteiger charge is -2.25. The largest absolute Gasteiger partial charge is 0.490 e. The molecule has 0 aliphatic heterocycles. The van der Waals surface area contributed by atoms with Crippen LogP contribution in [0.5, 0.6) is 11.5 Å². The maximum Gasteiger partial charge on any atom is 0.227 e. The van der Waals surface area contributed by atoms with E-state index < -0.39 is 0 Å². The second-order valence-electron chi connectivity index (χ2n) is 6.34. The highest BCUT2D eigenvalue weighted by Gasteiger charge is 2.39. The molecule has 0 bridgehead atoms. The average molecular weight is 334 g/mol. The van der Waals surface area contributed by atoms with Crippen LogP contribution in [-0.4, -0.2) is 32.2 Å². The van der Waals surface area contributed by atoms with Gasteiger partial charge in [0, 0.05) is 13.1 Å². The van der Waals surface area contributed by atoms with Crippen molar-refractivity contribution in [1.29, 1.82) is 0 Å². The number of nitrogens with one attached hydrogen (secondary N) is 1. The number of amides is 1. The Kier molecular flexibility index (Phi) is 6.91. The topological polar surface area (TPSA) is 73.6 Å². The molecule has 24 heavy (non-hydrogen) atoms. The number of benzene rings is 1. The van der Waals surface area contributed by atoms with Crippen LogP contribution in [0.15, 0.2) is 18.2 Å². The maximum absolute atomic E-state index is 12.5. The van der Waals surface area contributed by atoms with Gasteiger partial charge in [-0.2, -0.15) is 0 Å². The van der Waals surface area contributed by atoms with E-state index in [1.807, 2.05) is 32.0 Å². The predicted octanol–water partition coefficient (Wildman–Crippen LogP) is 2.66. The Balaban J connectivity index is 1.91. The summed E-state index contributed by atoms with van der Waals surface area (Å²) in [5.74, 6) is 1.64. The quantitative estimate of drug-likeness (QED) is 0.728. The van der Waals surface area contributed by atoms with Gasteiger partial charge < -0.3 is 20.5 Å². The Hall–Kier alpha value is -1.75. The van der Waals surface area contributed by atoms with E-state index in [2.05, 4.69) is 5.32 Å². The van der Waals surface area contributed by atoms with E-state index in [-0.39, 0.29) is 11.3 Å². The summed E-state index contributed by atoms with van der Waals surface area (Å²) in [6.45, 7) is 6.17. The van der Waals surface area contributed by atoms with Gasteiger partial charge in [-0.1, -0.05) is 18.9 Å². The molecule has 1 fully saturated rings. The van der Waals surface area contributed by atoms with Gasteiger partial charge >= 0.3 is 0 Å². The molecule has 3 N–H and O–H groups in total. The van der Waals surface area contributed by atoms with Crippen LogP contribution in [0.4, 0.5) is 0 Å². The van der Waals surface area contributed by atoms with Gasteiger partial charge in [-0.05, 0) is 50.8 Å². The number of rotatable bonds is 9. The third-order valence-corrected chi connectivity index (χ3v) is 4.74. The summed E-state index contributed by atoms with van der Waals surface area (Å²) in [4.78, 5) is 12.5. The van der Waals surface area contributed by atoms with Crippen molar-refractivity contribution >= 4 is 5.91 Å². The molecule has 1 aromatic carbocycles. The number of nitrogens with two attached hydrogens (primary N) is 1. The molecule has 0 spiro atoms. The highest BCUT2D eigenvalue weighted by Crippen LogP contribution is 2.37. The molecule has 5 nitrogen and oxygen atoms in total. The van der Waals surface area contributed by atoms with Crippen molar-refractivity contribution in [3.63, 3.8) is 0 Å². The zero-order chi connectivity index (χ0) is 17.4. The number of hydrogen-bond acceptors (Lipinski definition) is 4. The summed E-state index contributed by atoms with van der Waals surface area (Å²) in [7, 11) is 0.